The van der Waals surface area contributed by atoms with Crippen LogP contribution in [-0.2, 0) is 4.79 Å². The van der Waals surface area contributed by atoms with E-state index in [2.05, 4.69) is 10.3 Å². The number of fused-ring (bicyclic) bond motifs is 1. The number of aromatic nitrogens is 2. The molecule has 180 valence electrons. The lowest BCUT2D eigenvalue weighted by Crippen LogP contribution is -2.15. The number of non-ortho nitro benzene ring substituents is 1. The van der Waals surface area contributed by atoms with E-state index >= 15 is 0 Å². The third-order valence-corrected chi connectivity index (χ3v) is 6.10. The van der Waals surface area contributed by atoms with Crippen molar-refractivity contribution < 1.29 is 23.9 Å². The van der Waals surface area contributed by atoms with E-state index < -0.39 is 4.92 Å². The van der Waals surface area contributed by atoms with E-state index in [4.69, 9.17) is 14.2 Å². The van der Waals surface area contributed by atoms with Crippen LogP contribution in [-0.4, -0.2) is 47.5 Å². The lowest BCUT2D eigenvalue weighted by molar-refractivity contribution is -0.384. The molecule has 0 spiro atoms. The maximum absolute atomic E-state index is 12.8. The fourth-order valence-corrected chi connectivity index (χ4v) is 4.34. The number of nitrogens with one attached hydrogen (secondary N) is 1. The van der Waals surface area contributed by atoms with Crippen molar-refractivity contribution in [1.82, 2.24) is 9.55 Å². The summed E-state index contributed by atoms with van der Waals surface area (Å²) in [6, 6.07) is 16.9. The predicted molar refractivity (Wildman–Crippen MR) is 133 cm³/mol. The van der Waals surface area contributed by atoms with Gasteiger partial charge in [-0.15, -0.1) is 0 Å². The normalized spacial score (nSPS) is 10.7. The Hall–Kier alpha value is -4.25. The van der Waals surface area contributed by atoms with Gasteiger partial charge in [0.15, 0.2) is 5.16 Å². The number of imidazole rings is 1. The number of carbonyl (C=O) groups excluding carboxylic acids is 1. The minimum atomic E-state index is -0.468. The number of amides is 1. The molecule has 0 unspecified atom stereocenters. The Balaban J connectivity index is 1.66. The number of thioether (sulfide) groups is 1. The SMILES string of the molecule is COc1ccc(NC(=O)CSc2nc3cc([N+](=O)[O-])ccc3n2-c2ccccc2OC)c(OC)c1. The highest BCUT2D eigenvalue weighted by molar-refractivity contribution is 7.99. The Labute approximate surface area is 205 Å². The van der Waals surface area contributed by atoms with E-state index in [9.17, 15) is 14.9 Å². The summed E-state index contributed by atoms with van der Waals surface area (Å²) in [5, 5.41) is 14.6. The van der Waals surface area contributed by atoms with Crippen molar-refractivity contribution in [3.63, 3.8) is 0 Å². The molecule has 0 fully saturated rings. The first-order valence-corrected chi connectivity index (χ1v) is 11.4. The molecule has 11 heteroatoms. The topological polar surface area (TPSA) is 118 Å². The molecule has 10 nitrogen and oxygen atoms in total. The molecule has 0 atom stereocenters. The number of hydrogen-bond donors (Lipinski definition) is 1. The first-order chi connectivity index (χ1) is 16.9. The summed E-state index contributed by atoms with van der Waals surface area (Å²) in [6.45, 7) is 0. The first-order valence-electron chi connectivity index (χ1n) is 10.4. The molecule has 0 saturated carbocycles. The van der Waals surface area contributed by atoms with Gasteiger partial charge < -0.3 is 19.5 Å². The number of carbonyl (C=O) groups is 1. The number of rotatable bonds is 9. The van der Waals surface area contributed by atoms with Gasteiger partial charge >= 0.3 is 0 Å². The maximum atomic E-state index is 12.8. The Morgan fingerprint density at radius 2 is 1.80 bits per heavy atom. The zero-order valence-electron chi connectivity index (χ0n) is 19.2. The van der Waals surface area contributed by atoms with Gasteiger partial charge in [0.25, 0.3) is 5.69 Å². The second-order valence-corrected chi connectivity index (χ2v) is 8.18. The zero-order valence-corrected chi connectivity index (χ0v) is 20.0. The van der Waals surface area contributed by atoms with E-state index in [1.165, 1.54) is 31.0 Å². The van der Waals surface area contributed by atoms with E-state index in [-0.39, 0.29) is 17.3 Å². The molecule has 0 bridgehead atoms. The zero-order chi connectivity index (χ0) is 24.9. The average Bonchev–Trinajstić information content (AvgIpc) is 3.25. The first kappa shape index (κ1) is 23.9. The van der Waals surface area contributed by atoms with Crippen LogP contribution in [0, 0.1) is 10.1 Å². The minimum Gasteiger partial charge on any atom is -0.497 e. The van der Waals surface area contributed by atoms with Crippen molar-refractivity contribution >= 4 is 40.1 Å². The van der Waals surface area contributed by atoms with Crippen molar-refractivity contribution in [3.05, 3.63) is 70.8 Å². The van der Waals surface area contributed by atoms with Gasteiger partial charge in [0.05, 0.1) is 54.4 Å². The molecule has 35 heavy (non-hydrogen) atoms. The number of benzene rings is 3. The van der Waals surface area contributed by atoms with E-state index in [0.717, 1.165) is 0 Å². The van der Waals surface area contributed by atoms with Crippen LogP contribution in [0.4, 0.5) is 11.4 Å². The van der Waals surface area contributed by atoms with Crippen LogP contribution in [0.3, 0.4) is 0 Å². The largest absolute Gasteiger partial charge is 0.497 e. The minimum absolute atomic E-state index is 0.0374. The molecule has 4 rings (SSSR count). The van der Waals surface area contributed by atoms with Gasteiger partial charge in [-0.1, -0.05) is 23.9 Å². The average molecular weight is 495 g/mol. The molecule has 4 aromatic rings. The van der Waals surface area contributed by atoms with Crippen molar-refractivity contribution in [3.8, 4) is 22.9 Å². The Morgan fingerprint density at radius 3 is 2.51 bits per heavy atom. The highest BCUT2D eigenvalue weighted by Crippen LogP contribution is 2.34. The number of para-hydroxylation sites is 2. The summed E-state index contributed by atoms with van der Waals surface area (Å²) in [5.41, 5.74) is 2.23. The number of hydrogen-bond acceptors (Lipinski definition) is 8. The summed E-state index contributed by atoms with van der Waals surface area (Å²) < 4.78 is 17.9. The number of nitrogens with zero attached hydrogens (tertiary/aromatic N) is 3. The summed E-state index contributed by atoms with van der Waals surface area (Å²) in [5.74, 6) is 1.43. The molecule has 1 aromatic heterocycles. The second-order valence-electron chi connectivity index (χ2n) is 7.23. The molecule has 0 saturated heterocycles. The molecule has 0 radical (unpaired) electrons. The van der Waals surface area contributed by atoms with Crippen LogP contribution < -0.4 is 19.5 Å². The number of nitro groups is 1. The third kappa shape index (κ3) is 4.99. The Kier molecular flexibility index (Phi) is 7.06. The van der Waals surface area contributed by atoms with Crippen LogP contribution in [0.1, 0.15) is 0 Å². The molecule has 1 N–H and O–H groups in total. The number of ether oxygens (including phenoxy) is 3. The van der Waals surface area contributed by atoms with Crippen molar-refractivity contribution in [2.24, 2.45) is 0 Å². The molecule has 0 aliphatic carbocycles. The highest BCUT2D eigenvalue weighted by Gasteiger charge is 2.20. The Morgan fingerprint density at radius 1 is 1.03 bits per heavy atom. The molecule has 1 amide bonds. The summed E-state index contributed by atoms with van der Waals surface area (Å²) in [7, 11) is 4.62. The number of anilines is 1. The molecule has 3 aromatic carbocycles. The summed E-state index contributed by atoms with van der Waals surface area (Å²) >= 11 is 1.20. The number of methoxy groups -OCH3 is 3. The smallest absolute Gasteiger partial charge is 0.271 e. The fourth-order valence-electron chi connectivity index (χ4n) is 3.52. The van der Waals surface area contributed by atoms with Crippen LogP contribution >= 0.6 is 11.8 Å². The van der Waals surface area contributed by atoms with Crippen molar-refractivity contribution in [2.75, 3.05) is 32.4 Å². The van der Waals surface area contributed by atoms with Gasteiger partial charge in [0.2, 0.25) is 5.91 Å². The molecule has 1 heterocycles. The third-order valence-electron chi connectivity index (χ3n) is 5.16. The van der Waals surface area contributed by atoms with E-state index in [1.807, 2.05) is 28.8 Å². The van der Waals surface area contributed by atoms with Crippen LogP contribution in [0.2, 0.25) is 0 Å². The lowest BCUT2D eigenvalue weighted by atomic mass is 10.2. The molecular formula is C24H22N4O6S. The molecule has 0 aliphatic rings. The van der Waals surface area contributed by atoms with E-state index in [1.54, 1.807) is 38.5 Å². The van der Waals surface area contributed by atoms with Gasteiger partial charge in [-0.3, -0.25) is 19.5 Å². The van der Waals surface area contributed by atoms with Crippen LogP contribution in [0.15, 0.2) is 65.8 Å². The second kappa shape index (κ2) is 10.3. The molecule has 0 aliphatic heterocycles. The van der Waals surface area contributed by atoms with Gasteiger partial charge in [-0.2, -0.15) is 0 Å². The van der Waals surface area contributed by atoms with E-state index in [0.29, 0.717) is 44.8 Å². The Bertz CT molecular complexity index is 1400. The predicted octanol–water partition coefficient (Wildman–Crippen LogP) is 4.69. The standard InChI is InChI=1S/C24H22N4O6S/c1-32-16-9-10-17(22(13-16)34-3)25-23(29)14-35-24-26-18-12-15(28(30)31)8-11-19(18)27(24)20-6-4-5-7-21(20)33-2/h4-13H,14H2,1-3H3,(H,25,29). The van der Waals surface area contributed by atoms with Gasteiger partial charge in [0, 0.05) is 18.2 Å². The number of nitro benzene ring substituents is 1. The van der Waals surface area contributed by atoms with Crippen LogP contribution in [0.25, 0.3) is 16.7 Å². The highest BCUT2D eigenvalue weighted by atomic mass is 32.2. The quantitative estimate of drug-likeness (QED) is 0.202. The fraction of sp³-hybridized carbons (Fsp3) is 0.167. The van der Waals surface area contributed by atoms with Gasteiger partial charge in [0.1, 0.15) is 17.2 Å². The monoisotopic (exact) mass is 494 g/mol. The van der Waals surface area contributed by atoms with Gasteiger partial charge in [-0.25, -0.2) is 4.98 Å². The lowest BCUT2D eigenvalue weighted by Gasteiger charge is -2.13. The van der Waals surface area contributed by atoms with Crippen LogP contribution in [0.5, 0.6) is 17.2 Å². The molecular weight excluding hydrogens is 472 g/mol. The maximum Gasteiger partial charge on any atom is 0.271 e. The van der Waals surface area contributed by atoms with Gasteiger partial charge in [-0.05, 0) is 30.3 Å². The summed E-state index contributed by atoms with van der Waals surface area (Å²) in [6.07, 6.45) is 0. The van der Waals surface area contributed by atoms with Crippen molar-refractivity contribution in [1.29, 1.82) is 0 Å². The summed E-state index contributed by atoms with van der Waals surface area (Å²) in [4.78, 5) is 28.2. The van der Waals surface area contributed by atoms with Crippen molar-refractivity contribution in [2.45, 2.75) is 5.16 Å².